The first-order valence-electron chi connectivity index (χ1n) is 20.9. The first-order chi connectivity index (χ1) is 26.0. The van der Waals surface area contributed by atoms with Crippen LogP contribution >= 0.6 is 0 Å². The van der Waals surface area contributed by atoms with E-state index in [1.165, 1.54) is 6.08 Å². The number of carbonyl (C=O) groups excluding carboxylic acids is 1. The van der Waals surface area contributed by atoms with Gasteiger partial charge in [0.2, 0.25) is 0 Å². The Kier molecular flexibility index (Phi) is 11.1. The van der Waals surface area contributed by atoms with E-state index in [9.17, 15) is 35.4 Å². The van der Waals surface area contributed by atoms with Crippen molar-refractivity contribution in [2.24, 2.45) is 34.5 Å². The number of carbonyl (C=O) groups is 1. The van der Waals surface area contributed by atoms with Gasteiger partial charge < -0.3 is 63.8 Å². The maximum absolute atomic E-state index is 12.6. The number of aliphatic hydroxyl groups excluding tert-OH is 5. The Morgan fingerprint density at radius 2 is 1.29 bits per heavy atom. The smallest absolute Gasteiger partial charge is 0.331 e. The van der Waals surface area contributed by atoms with Crippen molar-refractivity contribution in [1.82, 2.24) is 0 Å². The van der Waals surface area contributed by atoms with Crippen LogP contribution in [0, 0.1) is 34.5 Å². The molecule has 0 aromatic rings. The molecule has 4 aliphatic heterocycles. The van der Waals surface area contributed by atoms with Crippen molar-refractivity contribution in [2.75, 3.05) is 6.61 Å². The lowest BCUT2D eigenvalue weighted by molar-refractivity contribution is -0.336. The lowest BCUT2D eigenvalue weighted by atomic mass is 9.43. The molecule has 6 N–H and O–H groups in total. The Morgan fingerprint density at radius 3 is 1.87 bits per heavy atom. The van der Waals surface area contributed by atoms with Crippen molar-refractivity contribution in [3.8, 4) is 0 Å². The number of aliphatic hydroxyl groups is 6. The van der Waals surface area contributed by atoms with Crippen molar-refractivity contribution in [3.63, 3.8) is 0 Å². The van der Waals surface area contributed by atoms with Crippen LogP contribution in [0.5, 0.6) is 0 Å². The highest BCUT2D eigenvalue weighted by Crippen LogP contribution is 2.70. The molecule has 0 bridgehead atoms. The van der Waals surface area contributed by atoms with Gasteiger partial charge in [-0.2, -0.15) is 0 Å². The van der Waals surface area contributed by atoms with Crippen LogP contribution in [0.4, 0.5) is 0 Å². The molecule has 14 nitrogen and oxygen atoms in total. The zero-order valence-corrected chi connectivity index (χ0v) is 32.9. The molecule has 4 saturated carbocycles. The van der Waals surface area contributed by atoms with Crippen LogP contribution in [0.15, 0.2) is 11.6 Å². The monoisotopic (exact) mass is 780 g/mol. The lowest BCUT2D eigenvalue weighted by Gasteiger charge is -2.63. The molecular formula is C41H64O14. The van der Waals surface area contributed by atoms with Crippen molar-refractivity contribution in [2.45, 2.75) is 197 Å². The fourth-order valence-electron chi connectivity index (χ4n) is 12.9. The van der Waals surface area contributed by atoms with Crippen LogP contribution in [0.3, 0.4) is 0 Å². The topological polar surface area (TPSA) is 203 Å². The van der Waals surface area contributed by atoms with Gasteiger partial charge in [0.25, 0.3) is 0 Å². The van der Waals surface area contributed by atoms with Gasteiger partial charge in [0.05, 0.1) is 54.4 Å². The highest BCUT2D eigenvalue weighted by Gasteiger charge is 2.70. The summed E-state index contributed by atoms with van der Waals surface area (Å²) < 4.78 is 42.1. The van der Waals surface area contributed by atoms with Crippen LogP contribution in [0.25, 0.3) is 0 Å². The van der Waals surface area contributed by atoms with Crippen molar-refractivity contribution in [3.05, 3.63) is 11.6 Å². The molecule has 0 unspecified atom stereocenters. The predicted molar refractivity (Wildman–Crippen MR) is 193 cm³/mol. The molecule has 312 valence electrons. The average Bonchev–Trinajstić information content (AvgIpc) is 3.62. The molecule has 21 atom stereocenters. The second-order valence-corrected chi connectivity index (χ2v) is 18.9. The molecule has 8 aliphatic rings. The molecule has 4 aliphatic carbocycles. The van der Waals surface area contributed by atoms with Gasteiger partial charge in [0.1, 0.15) is 24.9 Å². The molecule has 14 heteroatoms. The average molecular weight is 781 g/mol. The predicted octanol–water partition coefficient (Wildman–Crippen LogP) is 2.22. The van der Waals surface area contributed by atoms with E-state index in [0.29, 0.717) is 18.3 Å². The zero-order valence-electron chi connectivity index (χ0n) is 32.9. The van der Waals surface area contributed by atoms with E-state index in [1.807, 2.05) is 6.92 Å². The van der Waals surface area contributed by atoms with Gasteiger partial charge in [-0.05, 0) is 94.5 Å². The zero-order chi connectivity index (χ0) is 39.2. The first kappa shape index (κ1) is 40.5. The van der Waals surface area contributed by atoms with E-state index < -0.39 is 90.9 Å². The minimum absolute atomic E-state index is 0.0203. The van der Waals surface area contributed by atoms with E-state index >= 15 is 0 Å². The van der Waals surface area contributed by atoms with Gasteiger partial charge in [-0.15, -0.1) is 0 Å². The van der Waals surface area contributed by atoms with Crippen molar-refractivity contribution >= 4 is 5.97 Å². The number of hydrogen-bond donors (Lipinski definition) is 6. The number of hydrogen-bond acceptors (Lipinski definition) is 14. The Morgan fingerprint density at radius 1 is 0.691 bits per heavy atom. The van der Waals surface area contributed by atoms with Crippen LogP contribution in [-0.4, -0.2) is 135 Å². The summed E-state index contributed by atoms with van der Waals surface area (Å²) in [6.07, 6.45) is -1.26. The molecule has 0 aromatic heterocycles. The standard InChI is InChI=1S/C41H64O14/c1-19-36(47)27(42)14-33(50-19)54-38-21(3)52-34(16-29(38)44)55-37-20(2)51-32(15-28(37)43)53-24-8-10-39(4)23(13-24)6-7-26-25(39)9-11-40(5)35(22-12-31(46)49-18-22)30(45)17-41(26,40)48/h12,19-21,23-30,32-38,42-45,47-48H,6-11,13-18H2,1-5H3/t19-,20+,21+,23+,24+,25-,26+,27-,28+,29+,30+,32-,33+,34-,35+,36+,37-,38-,39-,40+,41+/m0/s1. The summed E-state index contributed by atoms with van der Waals surface area (Å²) in [7, 11) is 0. The summed E-state index contributed by atoms with van der Waals surface area (Å²) in [5, 5.41) is 66.3. The summed E-state index contributed by atoms with van der Waals surface area (Å²) in [4.78, 5) is 12.0. The third-order valence-corrected chi connectivity index (χ3v) is 15.8. The molecule has 3 saturated heterocycles. The molecule has 7 fully saturated rings. The molecule has 0 spiro atoms. The number of ether oxygens (including phenoxy) is 7. The van der Waals surface area contributed by atoms with Gasteiger partial charge in [-0.1, -0.05) is 13.8 Å². The molecule has 8 rings (SSSR count). The van der Waals surface area contributed by atoms with Crippen molar-refractivity contribution in [1.29, 1.82) is 0 Å². The molecule has 4 heterocycles. The first-order valence-corrected chi connectivity index (χ1v) is 20.9. The molecule has 55 heavy (non-hydrogen) atoms. The van der Waals surface area contributed by atoms with Crippen LogP contribution in [0.2, 0.25) is 0 Å². The van der Waals surface area contributed by atoms with Crippen molar-refractivity contribution < 1.29 is 68.6 Å². The van der Waals surface area contributed by atoms with Gasteiger partial charge in [0, 0.05) is 43.1 Å². The van der Waals surface area contributed by atoms with E-state index in [-0.39, 0.29) is 55.2 Å². The maximum atomic E-state index is 12.6. The third-order valence-electron chi connectivity index (χ3n) is 15.8. The summed E-state index contributed by atoms with van der Waals surface area (Å²) in [6, 6.07) is 0. The van der Waals surface area contributed by atoms with Gasteiger partial charge in [0.15, 0.2) is 18.9 Å². The largest absolute Gasteiger partial charge is 0.458 e. The second kappa shape index (κ2) is 15.1. The number of rotatable bonds is 7. The van der Waals surface area contributed by atoms with Crippen LogP contribution in [0.1, 0.15) is 105 Å². The molecule has 0 radical (unpaired) electrons. The Labute approximate surface area is 323 Å². The molecule has 0 aromatic carbocycles. The normalized spacial score (nSPS) is 55.5. The Balaban J connectivity index is 0.834. The third kappa shape index (κ3) is 7.05. The molecular weight excluding hydrogens is 716 g/mol. The minimum Gasteiger partial charge on any atom is -0.458 e. The minimum atomic E-state index is -1.01. The van der Waals surface area contributed by atoms with Gasteiger partial charge >= 0.3 is 5.97 Å². The summed E-state index contributed by atoms with van der Waals surface area (Å²) in [6.45, 7) is 9.98. The fourth-order valence-corrected chi connectivity index (χ4v) is 12.9. The van der Waals surface area contributed by atoms with E-state index in [1.54, 1.807) is 13.8 Å². The number of esters is 1. The highest BCUT2D eigenvalue weighted by molar-refractivity contribution is 5.85. The SMILES string of the molecule is C[C@@H]1O[C@H](O[C@@H]2[C@H](O)C[C@H](O[C@@H]3[C@H](O)C[C@H](O[C@@H]4CC[C@@]5(C)[C@H](CC[C@@H]6[C@@H]5CC[C@]5(C)[C@H](C7=CC(=O)OC7)[C@H](O)C[C@@]65O)C4)O[C@@H]3C)O[C@@H]2C)C[C@H](O)[C@@H]1O. The maximum Gasteiger partial charge on any atom is 0.331 e. The van der Waals surface area contributed by atoms with E-state index in [2.05, 4.69) is 13.8 Å². The Bertz CT molecular complexity index is 1410. The van der Waals surface area contributed by atoms with Gasteiger partial charge in [-0.25, -0.2) is 4.79 Å². The second-order valence-electron chi connectivity index (χ2n) is 18.9. The fraction of sp³-hybridized carbons (Fsp3) is 0.927. The van der Waals surface area contributed by atoms with Crippen LogP contribution in [-0.2, 0) is 38.0 Å². The van der Waals surface area contributed by atoms with Crippen LogP contribution < -0.4 is 0 Å². The van der Waals surface area contributed by atoms with E-state index in [0.717, 1.165) is 50.5 Å². The molecule has 0 amide bonds. The Hall–Kier alpha value is -1.27. The quantitative estimate of drug-likeness (QED) is 0.162. The number of fused-ring (bicyclic) bond motifs is 5. The van der Waals surface area contributed by atoms with E-state index in [4.69, 9.17) is 33.2 Å². The summed E-state index contributed by atoms with van der Waals surface area (Å²) in [5.74, 6) is 0.174. The lowest BCUT2D eigenvalue weighted by Crippen LogP contribution is -2.62. The van der Waals surface area contributed by atoms with Gasteiger partial charge in [-0.3, -0.25) is 0 Å². The summed E-state index contributed by atoms with van der Waals surface area (Å²) in [5.41, 5.74) is -0.686. The summed E-state index contributed by atoms with van der Waals surface area (Å²) >= 11 is 0. The number of cyclic esters (lactones) is 1. The highest BCUT2D eigenvalue weighted by atomic mass is 16.7.